The second kappa shape index (κ2) is 6.02. The van der Waals surface area contributed by atoms with E-state index in [9.17, 15) is 4.79 Å². The Bertz CT molecular complexity index is 379. The van der Waals surface area contributed by atoms with Crippen LogP contribution in [0.3, 0.4) is 0 Å². The average Bonchev–Trinajstić information content (AvgIpc) is 2.87. The predicted molar refractivity (Wildman–Crippen MR) is 68.5 cm³/mol. The van der Waals surface area contributed by atoms with Gasteiger partial charge in [0, 0.05) is 18.8 Å². The Hall–Kier alpha value is -1.07. The Morgan fingerprint density at radius 1 is 1.71 bits per heavy atom. The maximum Gasteiger partial charge on any atom is 0.257 e. The molecular weight excluding hydrogens is 240 g/mol. The molecule has 0 bridgehead atoms. The molecule has 2 N–H and O–H groups in total. The van der Waals surface area contributed by atoms with E-state index in [1.54, 1.807) is 6.20 Å². The minimum Gasteiger partial charge on any atom is -0.338 e. The van der Waals surface area contributed by atoms with Crippen molar-refractivity contribution in [1.82, 2.24) is 20.4 Å². The van der Waals surface area contributed by atoms with Crippen molar-refractivity contribution in [1.29, 1.82) is 0 Å². The van der Waals surface area contributed by atoms with E-state index in [4.69, 9.17) is 0 Å². The number of hydrogen-bond donors (Lipinski definition) is 2. The molecule has 1 aliphatic rings. The highest BCUT2D eigenvalue weighted by Gasteiger charge is 2.27. The highest BCUT2D eigenvalue weighted by molar-refractivity contribution is 5.95. The number of amides is 1. The third-order valence-corrected chi connectivity index (χ3v) is 3.13. The molecule has 0 radical (unpaired) electrons. The number of halogens is 1. The van der Waals surface area contributed by atoms with Gasteiger partial charge in [-0.1, -0.05) is 0 Å². The molecule has 1 unspecified atom stereocenters. The van der Waals surface area contributed by atoms with Crippen molar-refractivity contribution in [2.45, 2.75) is 13.3 Å². The summed E-state index contributed by atoms with van der Waals surface area (Å²) in [4.78, 5) is 14.0. The number of carbonyl (C=O) groups is 1. The number of rotatable bonds is 3. The lowest BCUT2D eigenvalue weighted by Crippen LogP contribution is -2.30. The Kier molecular flexibility index (Phi) is 4.96. The number of H-pyrrole nitrogens is 1. The van der Waals surface area contributed by atoms with E-state index in [1.807, 2.05) is 18.9 Å². The first-order chi connectivity index (χ1) is 7.72. The van der Waals surface area contributed by atoms with E-state index >= 15 is 0 Å². The number of likely N-dealkylation sites (tertiary alicyclic amines) is 1. The molecule has 96 valence electrons. The van der Waals surface area contributed by atoms with Gasteiger partial charge in [0.15, 0.2) is 0 Å². The van der Waals surface area contributed by atoms with Gasteiger partial charge in [0.25, 0.3) is 5.91 Å². The monoisotopic (exact) mass is 258 g/mol. The molecule has 1 aromatic rings. The maximum absolute atomic E-state index is 12.1. The Morgan fingerprint density at radius 3 is 3.06 bits per heavy atom. The lowest BCUT2D eigenvalue weighted by atomic mass is 10.1. The van der Waals surface area contributed by atoms with Crippen LogP contribution in [-0.2, 0) is 0 Å². The molecule has 2 rings (SSSR count). The summed E-state index contributed by atoms with van der Waals surface area (Å²) in [6.45, 7) is 4.57. The van der Waals surface area contributed by atoms with Crippen LogP contribution < -0.4 is 5.32 Å². The molecular formula is C11H19ClN4O. The Labute approximate surface area is 107 Å². The van der Waals surface area contributed by atoms with Crippen LogP contribution in [0.15, 0.2) is 6.20 Å². The topological polar surface area (TPSA) is 61.0 Å². The van der Waals surface area contributed by atoms with Gasteiger partial charge in [0.2, 0.25) is 0 Å². The molecule has 17 heavy (non-hydrogen) atoms. The molecule has 1 fully saturated rings. The van der Waals surface area contributed by atoms with Gasteiger partial charge in [0.05, 0.1) is 11.8 Å². The molecule has 0 spiro atoms. The van der Waals surface area contributed by atoms with Gasteiger partial charge in [0.1, 0.15) is 0 Å². The molecule has 1 amide bonds. The van der Waals surface area contributed by atoms with E-state index in [-0.39, 0.29) is 18.3 Å². The van der Waals surface area contributed by atoms with E-state index in [1.165, 1.54) is 0 Å². The Morgan fingerprint density at radius 2 is 2.47 bits per heavy atom. The molecule has 5 nitrogen and oxygen atoms in total. The standard InChI is InChI=1S/C11H18N4O.ClH/c1-8-10(6-13-14-8)11(16)15-4-3-9(7-15)5-12-2;/h6,9,12H,3-5,7H2,1-2H3,(H,13,14);1H. The number of aromatic nitrogens is 2. The fourth-order valence-corrected chi connectivity index (χ4v) is 2.21. The van der Waals surface area contributed by atoms with Crippen LogP contribution in [0.1, 0.15) is 22.5 Å². The first-order valence-corrected chi connectivity index (χ1v) is 5.66. The molecule has 2 heterocycles. The summed E-state index contributed by atoms with van der Waals surface area (Å²) in [5, 5.41) is 9.84. The van der Waals surface area contributed by atoms with Crippen LogP contribution in [0.5, 0.6) is 0 Å². The number of aryl methyl sites for hydroxylation is 1. The minimum absolute atomic E-state index is 0. The third kappa shape index (κ3) is 2.98. The molecule has 1 atom stereocenters. The molecule has 1 saturated heterocycles. The molecule has 0 aromatic carbocycles. The largest absolute Gasteiger partial charge is 0.338 e. The number of carbonyl (C=O) groups excluding carboxylic acids is 1. The lowest BCUT2D eigenvalue weighted by Gasteiger charge is -2.15. The summed E-state index contributed by atoms with van der Waals surface area (Å²) in [5.41, 5.74) is 1.55. The highest BCUT2D eigenvalue weighted by Crippen LogP contribution is 2.18. The highest BCUT2D eigenvalue weighted by atomic mass is 35.5. The van der Waals surface area contributed by atoms with Gasteiger partial charge in [-0.05, 0) is 32.9 Å². The van der Waals surface area contributed by atoms with Crippen LogP contribution in [-0.4, -0.2) is 47.7 Å². The third-order valence-electron chi connectivity index (χ3n) is 3.13. The zero-order valence-corrected chi connectivity index (χ0v) is 11.0. The van der Waals surface area contributed by atoms with Gasteiger partial charge in [-0.2, -0.15) is 5.10 Å². The van der Waals surface area contributed by atoms with Crippen molar-refractivity contribution >= 4 is 18.3 Å². The van der Waals surface area contributed by atoms with E-state index < -0.39 is 0 Å². The molecule has 1 aliphatic heterocycles. The van der Waals surface area contributed by atoms with Crippen molar-refractivity contribution in [3.8, 4) is 0 Å². The molecule has 0 saturated carbocycles. The molecule has 0 aliphatic carbocycles. The first kappa shape index (κ1) is 14.0. The first-order valence-electron chi connectivity index (χ1n) is 5.66. The lowest BCUT2D eigenvalue weighted by molar-refractivity contribution is 0.0786. The number of aromatic amines is 1. The summed E-state index contributed by atoms with van der Waals surface area (Å²) in [5.74, 6) is 0.686. The summed E-state index contributed by atoms with van der Waals surface area (Å²) in [7, 11) is 1.95. The van der Waals surface area contributed by atoms with Crippen molar-refractivity contribution in [2.75, 3.05) is 26.7 Å². The maximum atomic E-state index is 12.1. The van der Waals surface area contributed by atoms with E-state index in [0.717, 1.165) is 31.7 Å². The van der Waals surface area contributed by atoms with Crippen LogP contribution >= 0.6 is 12.4 Å². The average molecular weight is 259 g/mol. The predicted octanol–water partition coefficient (Wildman–Crippen LogP) is 0.821. The van der Waals surface area contributed by atoms with Crippen LogP contribution in [0.2, 0.25) is 0 Å². The van der Waals surface area contributed by atoms with Crippen LogP contribution in [0, 0.1) is 12.8 Å². The smallest absolute Gasteiger partial charge is 0.257 e. The van der Waals surface area contributed by atoms with Crippen molar-refractivity contribution < 1.29 is 4.79 Å². The second-order valence-electron chi connectivity index (χ2n) is 4.37. The van der Waals surface area contributed by atoms with E-state index in [0.29, 0.717) is 11.5 Å². The van der Waals surface area contributed by atoms with E-state index in [2.05, 4.69) is 15.5 Å². The quantitative estimate of drug-likeness (QED) is 0.844. The molecule has 1 aromatic heterocycles. The normalized spacial score (nSPS) is 19.2. The van der Waals surface area contributed by atoms with Gasteiger partial charge >= 0.3 is 0 Å². The van der Waals surface area contributed by atoms with Crippen molar-refractivity contribution in [3.63, 3.8) is 0 Å². The van der Waals surface area contributed by atoms with Gasteiger partial charge < -0.3 is 10.2 Å². The number of nitrogens with zero attached hydrogens (tertiary/aromatic N) is 2. The second-order valence-corrected chi connectivity index (χ2v) is 4.37. The van der Waals surface area contributed by atoms with Gasteiger partial charge in [-0.15, -0.1) is 12.4 Å². The van der Waals surface area contributed by atoms with Crippen LogP contribution in [0.25, 0.3) is 0 Å². The fraction of sp³-hybridized carbons (Fsp3) is 0.636. The SMILES string of the molecule is CNCC1CCN(C(=O)c2cn[nH]c2C)C1.Cl. The summed E-state index contributed by atoms with van der Waals surface area (Å²) in [6.07, 6.45) is 2.70. The molecule has 6 heteroatoms. The fourth-order valence-electron chi connectivity index (χ4n) is 2.21. The summed E-state index contributed by atoms with van der Waals surface area (Å²) in [6, 6.07) is 0. The zero-order valence-electron chi connectivity index (χ0n) is 10.2. The summed E-state index contributed by atoms with van der Waals surface area (Å²) >= 11 is 0. The number of nitrogens with one attached hydrogen (secondary N) is 2. The van der Waals surface area contributed by atoms with Gasteiger partial charge in [-0.3, -0.25) is 9.89 Å². The van der Waals surface area contributed by atoms with Gasteiger partial charge in [-0.25, -0.2) is 0 Å². The van der Waals surface area contributed by atoms with Crippen molar-refractivity contribution in [3.05, 3.63) is 17.5 Å². The summed E-state index contributed by atoms with van der Waals surface area (Å²) < 4.78 is 0. The zero-order chi connectivity index (χ0) is 11.5. The Balaban J connectivity index is 0.00000144. The number of hydrogen-bond acceptors (Lipinski definition) is 3. The van der Waals surface area contributed by atoms with Crippen LogP contribution in [0.4, 0.5) is 0 Å². The minimum atomic E-state index is 0. The van der Waals surface area contributed by atoms with Crippen molar-refractivity contribution in [2.24, 2.45) is 5.92 Å².